The van der Waals surface area contributed by atoms with Crippen molar-refractivity contribution >= 4 is 28.1 Å². The molecule has 0 radical (unpaired) electrons. The van der Waals surface area contributed by atoms with E-state index in [2.05, 4.69) is 54.5 Å². The maximum atomic E-state index is 5.54. The predicted molar refractivity (Wildman–Crippen MR) is 126 cm³/mol. The molecule has 9 heteroatoms. The number of pyridine rings is 1. The van der Waals surface area contributed by atoms with Crippen LogP contribution in [-0.4, -0.2) is 50.9 Å². The SMILES string of the molecule is c1cc(-c2cn3nc(N=NCc4ccc5cc[nH]c5c4)cc(N4CCOCC4)c3n2)ccn1. The summed E-state index contributed by atoms with van der Waals surface area (Å²) >= 11 is 0. The van der Waals surface area contributed by atoms with Crippen molar-refractivity contribution in [2.24, 2.45) is 10.2 Å². The summed E-state index contributed by atoms with van der Waals surface area (Å²) in [5.74, 6) is 0.545. The molecule has 9 nitrogen and oxygen atoms in total. The molecular weight excluding hydrogens is 416 g/mol. The number of ether oxygens (including phenoxy) is 1. The molecule has 1 fully saturated rings. The quantitative estimate of drug-likeness (QED) is 0.411. The van der Waals surface area contributed by atoms with Gasteiger partial charge in [-0.3, -0.25) is 4.98 Å². The normalized spacial score (nSPS) is 14.6. The van der Waals surface area contributed by atoms with Gasteiger partial charge in [0.25, 0.3) is 0 Å². The van der Waals surface area contributed by atoms with Crippen LogP contribution in [0.1, 0.15) is 5.56 Å². The summed E-state index contributed by atoms with van der Waals surface area (Å²) in [7, 11) is 0. The van der Waals surface area contributed by atoms with Gasteiger partial charge in [0.05, 0.1) is 37.3 Å². The highest BCUT2D eigenvalue weighted by molar-refractivity contribution is 5.80. The highest BCUT2D eigenvalue weighted by Gasteiger charge is 2.18. The molecule has 0 amide bonds. The number of morpholine rings is 1. The second-order valence-corrected chi connectivity index (χ2v) is 7.92. The molecule has 5 heterocycles. The van der Waals surface area contributed by atoms with Crippen LogP contribution >= 0.6 is 0 Å². The summed E-state index contributed by atoms with van der Waals surface area (Å²) in [6.45, 7) is 3.44. The van der Waals surface area contributed by atoms with Crippen LogP contribution in [0.15, 0.2) is 77.5 Å². The molecule has 1 aromatic carbocycles. The summed E-state index contributed by atoms with van der Waals surface area (Å²) in [5.41, 5.74) is 5.79. The molecule has 1 saturated heterocycles. The molecule has 164 valence electrons. The highest BCUT2D eigenvalue weighted by atomic mass is 16.5. The fraction of sp³-hybridized carbons (Fsp3) is 0.208. The van der Waals surface area contributed by atoms with Crippen LogP contribution in [0.25, 0.3) is 27.8 Å². The second-order valence-electron chi connectivity index (χ2n) is 7.92. The third kappa shape index (κ3) is 3.94. The molecule has 0 unspecified atom stereocenters. The van der Waals surface area contributed by atoms with Crippen LogP contribution in [0.5, 0.6) is 0 Å². The van der Waals surface area contributed by atoms with Crippen molar-refractivity contribution in [3.8, 4) is 11.3 Å². The number of nitrogens with zero attached hydrogens (tertiary/aromatic N) is 7. The summed E-state index contributed by atoms with van der Waals surface area (Å²) < 4.78 is 7.33. The number of anilines is 1. The van der Waals surface area contributed by atoms with Gasteiger partial charge in [0.1, 0.15) is 0 Å². The van der Waals surface area contributed by atoms with E-state index in [-0.39, 0.29) is 0 Å². The maximum Gasteiger partial charge on any atom is 0.196 e. The van der Waals surface area contributed by atoms with Crippen molar-refractivity contribution in [3.63, 3.8) is 0 Å². The molecular formula is C24H22N8O. The Bertz CT molecular complexity index is 1430. The molecule has 5 aromatic rings. The van der Waals surface area contributed by atoms with E-state index in [1.807, 2.05) is 30.6 Å². The average molecular weight is 438 g/mol. The van der Waals surface area contributed by atoms with Gasteiger partial charge in [-0.1, -0.05) is 12.1 Å². The number of fused-ring (bicyclic) bond motifs is 2. The Hall–Kier alpha value is -4.11. The summed E-state index contributed by atoms with van der Waals surface area (Å²) in [5, 5.41) is 14.7. The molecule has 0 atom stereocenters. The van der Waals surface area contributed by atoms with Crippen molar-refractivity contribution in [2.45, 2.75) is 6.54 Å². The van der Waals surface area contributed by atoms with Crippen LogP contribution < -0.4 is 4.90 Å². The van der Waals surface area contributed by atoms with E-state index in [9.17, 15) is 0 Å². The highest BCUT2D eigenvalue weighted by Crippen LogP contribution is 2.29. The van der Waals surface area contributed by atoms with Gasteiger partial charge < -0.3 is 14.6 Å². The van der Waals surface area contributed by atoms with E-state index in [4.69, 9.17) is 9.72 Å². The number of H-pyrrole nitrogens is 1. The van der Waals surface area contributed by atoms with E-state index in [0.717, 1.165) is 46.8 Å². The first kappa shape index (κ1) is 19.6. The van der Waals surface area contributed by atoms with Gasteiger partial charge in [0.2, 0.25) is 0 Å². The Morgan fingerprint density at radius 1 is 1.03 bits per heavy atom. The lowest BCUT2D eigenvalue weighted by Gasteiger charge is -2.28. The zero-order chi connectivity index (χ0) is 22.0. The van der Waals surface area contributed by atoms with Gasteiger partial charge >= 0.3 is 0 Å². The largest absolute Gasteiger partial charge is 0.378 e. The molecule has 4 aromatic heterocycles. The third-order valence-electron chi connectivity index (χ3n) is 5.77. The monoisotopic (exact) mass is 438 g/mol. The van der Waals surface area contributed by atoms with Gasteiger partial charge in [-0.25, -0.2) is 9.50 Å². The first-order valence-corrected chi connectivity index (χ1v) is 10.9. The Morgan fingerprint density at radius 2 is 1.91 bits per heavy atom. The Kier molecular flexibility index (Phi) is 5.00. The third-order valence-corrected chi connectivity index (χ3v) is 5.77. The fourth-order valence-corrected chi connectivity index (χ4v) is 4.08. The van der Waals surface area contributed by atoms with Crippen LogP contribution in [0.2, 0.25) is 0 Å². The number of benzene rings is 1. The van der Waals surface area contributed by atoms with Crippen molar-refractivity contribution < 1.29 is 4.74 Å². The number of aromatic nitrogens is 5. The number of hydrogen-bond acceptors (Lipinski definition) is 7. The molecule has 1 aliphatic rings. The Balaban J connectivity index is 1.34. The van der Waals surface area contributed by atoms with E-state index in [1.54, 1.807) is 16.9 Å². The minimum absolute atomic E-state index is 0.480. The first-order valence-electron chi connectivity index (χ1n) is 10.9. The number of rotatable bonds is 5. The maximum absolute atomic E-state index is 5.54. The van der Waals surface area contributed by atoms with E-state index in [1.165, 1.54) is 5.39 Å². The number of azo groups is 1. The van der Waals surface area contributed by atoms with Crippen molar-refractivity contribution in [1.82, 2.24) is 24.6 Å². The van der Waals surface area contributed by atoms with Gasteiger partial charge in [-0.2, -0.15) is 5.11 Å². The molecule has 6 rings (SSSR count). The molecule has 0 aliphatic carbocycles. The van der Waals surface area contributed by atoms with E-state index < -0.39 is 0 Å². The molecule has 0 saturated carbocycles. The molecule has 33 heavy (non-hydrogen) atoms. The zero-order valence-electron chi connectivity index (χ0n) is 17.9. The van der Waals surface area contributed by atoms with Crippen LogP contribution in [0, 0.1) is 0 Å². The minimum atomic E-state index is 0.480. The van der Waals surface area contributed by atoms with Crippen molar-refractivity contribution in [3.05, 3.63) is 72.8 Å². The van der Waals surface area contributed by atoms with Crippen molar-refractivity contribution in [2.75, 3.05) is 31.2 Å². The smallest absolute Gasteiger partial charge is 0.196 e. The van der Waals surface area contributed by atoms with Gasteiger partial charge in [0, 0.05) is 48.8 Å². The van der Waals surface area contributed by atoms with Crippen LogP contribution in [-0.2, 0) is 11.3 Å². The first-order chi connectivity index (χ1) is 16.3. The Labute approximate surface area is 189 Å². The number of imidazole rings is 1. The van der Waals surface area contributed by atoms with E-state index >= 15 is 0 Å². The lowest BCUT2D eigenvalue weighted by molar-refractivity contribution is 0.123. The van der Waals surface area contributed by atoms with Gasteiger partial charge in [-0.05, 0) is 35.2 Å². The average Bonchev–Trinajstić information content (AvgIpc) is 3.51. The fourth-order valence-electron chi connectivity index (χ4n) is 4.08. The van der Waals surface area contributed by atoms with Gasteiger partial charge in [-0.15, -0.1) is 10.2 Å². The molecule has 0 bridgehead atoms. The number of hydrogen-bond donors (Lipinski definition) is 1. The van der Waals surface area contributed by atoms with E-state index in [0.29, 0.717) is 25.6 Å². The van der Waals surface area contributed by atoms with Crippen LogP contribution in [0.4, 0.5) is 11.5 Å². The standard InChI is InChI=1S/C24H22N8O/c1-2-18-5-8-26-20(18)13-17(1)15-27-29-23-14-22(31-9-11-33-12-10-31)24-28-21(16-32(24)30-23)19-3-6-25-7-4-19/h1-8,13-14,16,26H,9-12,15H2. The predicted octanol–water partition coefficient (Wildman–Crippen LogP) is 4.39. The molecule has 1 aliphatic heterocycles. The summed E-state index contributed by atoms with van der Waals surface area (Å²) in [6.07, 6.45) is 7.39. The van der Waals surface area contributed by atoms with Crippen molar-refractivity contribution in [1.29, 1.82) is 0 Å². The number of nitrogens with one attached hydrogen (secondary N) is 1. The van der Waals surface area contributed by atoms with Gasteiger partial charge in [0.15, 0.2) is 11.5 Å². The minimum Gasteiger partial charge on any atom is -0.378 e. The lowest BCUT2D eigenvalue weighted by Crippen LogP contribution is -2.36. The zero-order valence-corrected chi connectivity index (χ0v) is 17.9. The lowest BCUT2D eigenvalue weighted by atomic mass is 10.2. The van der Waals surface area contributed by atoms with Crippen LogP contribution in [0.3, 0.4) is 0 Å². The summed E-state index contributed by atoms with van der Waals surface area (Å²) in [4.78, 5) is 14.5. The molecule has 0 spiro atoms. The Morgan fingerprint density at radius 3 is 2.79 bits per heavy atom. The number of aromatic amines is 1. The molecule has 1 N–H and O–H groups in total. The topological polar surface area (TPSA) is 96.1 Å². The second kappa shape index (κ2) is 8.44. The summed E-state index contributed by atoms with van der Waals surface area (Å²) in [6, 6.07) is 14.2.